The van der Waals surface area contributed by atoms with E-state index in [0.717, 1.165) is 30.3 Å². The quantitative estimate of drug-likeness (QED) is 0.874. The predicted octanol–water partition coefficient (Wildman–Crippen LogP) is 2.77. The summed E-state index contributed by atoms with van der Waals surface area (Å²) in [5.74, 6) is 1.23. The molecule has 0 aromatic heterocycles. The molecule has 0 aliphatic carbocycles. The topological polar surface area (TPSA) is 29.3 Å². The highest BCUT2D eigenvalue weighted by atomic mass is 19.1. The summed E-state index contributed by atoms with van der Waals surface area (Å²) in [6.07, 6.45) is 1.20. The standard InChI is InChI=1S/C14H21FN2/c1-10(2)12-3-4-17(9-12)14-6-11(8-16)5-13(15)7-14/h5-7,10,12H,3-4,8-9,16H2,1-2H3. The highest BCUT2D eigenvalue weighted by Crippen LogP contribution is 2.29. The molecule has 1 aromatic carbocycles. The summed E-state index contributed by atoms with van der Waals surface area (Å²) in [7, 11) is 0. The van der Waals surface area contributed by atoms with Crippen molar-refractivity contribution in [1.29, 1.82) is 0 Å². The van der Waals surface area contributed by atoms with E-state index in [1.165, 1.54) is 12.5 Å². The molecule has 1 saturated heterocycles. The summed E-state index contributed by atoms with van der Waals surface area (Å²) >= 11 is 0. The Morgan fingerprint density at radius 3 is 2.76 bits per heavy atom. The number of benzene rings is 1. The van der Waals surface area contributed by atoms with Crippen LogP contribution in [0.25, 0.3) is 0 Å². The zero-order valence-corrected chi connectivity index (χ0v) is 10.6. The molecule has 2 N–H and O–H groups in total. The van der Waals surface area contributed by atoms with Gasteiger partial charge in [0.2, 0.25) is 0 Å². The Labute approximate surface area is 103 Å². The second kappa shape index (κ2) is 5.05. The highest BCUT2D eigenvalue weighted by molar-refractivity contribution is 5.50. The van der Waals surface area contributed by atoms with Crippen molar-refractivity contribution < 1.29 is 4.39 Å². The van der Waals surface area contributed by atoms with E-state index >= 15 is 0 Å². The van der Waals surface area contributed by atoms with Gasteiger partial charge in [0, 0.05) is 25.3 Å². The van der Waals surface area contributed by atoms with Gasteiger partial charge in [0.05, 0.1) is 0 Å². The van der Waals surface area contributed by atoms with Crippen LogP contribution in [-0.2, 0) is 6.54 Å². The lowest BCUT2D eigenvalue weighted by molar-refractivity contribution is 0.422. The SMILES string of the molecule is CC(C)C1CCN(c2cc(F)cc(CN)c2)C1. The summed E-state index contributed by atoms with van der Waals surface area (Å²) in [6, 6.07) is 5.13. The van der Waals surface area contributed by atoms with E-state index in [4.69, 9.17) is 5.73 Å². The fourth-order valence-electron chi connectivity index (χ4n) is 2.50. The van der Waals surface area contributed by atoms with Crippen molar-refractivity contribution in [3.8, 4) is 0 Å². The highest BCUT2D eigenvalue weighted by Gasteiger charge is 2.25. The van der Waals surface area contributed by atoms with Crippen LogP contribution in [0, 0.1) is 17.7 Å². The van der Waals surface area contributed by atoms with Gasteiger partial charge in [-0.05, 0) is 42.0 Å². The van der Waals surface area contributed by atoms with E-state index in [-0.39, 0.29) is 5.82 Å². The van der Waals surface area contributed by atoms with Crippen LogP contribution in [0.5, 0.6) is 0 Å². The normalized spacial score (nSPS) is 20.3. The van der Waals surface area contributed by atoms with Crippen molar-refractivity contribution >= 4 is 5.69 Å². The van der Waals surface area contributed by atoms with Crippen LogP contribution in [0.1, 0.15) is 25.8 Å². The third-order valence-corrected chi connectivity index (χ3v) is 3.71. The molecule has 1 unspecified atom stereocenters. The first-order valence-corrected chi connectivity index (χ1v) is 6.34. The van der Waals surface area contributed by atoms with Gasteiger partial charge in [-0.3, -0.25) is 0 Å². The van der Waals surface area contributed by atoms with E-state index in [2.05, 4.69) is 18.7 Å². The molecular weight excluding hydrogens is 215 g/mol. The van der Waals surface area contributed by atoms with Crippen LogP contribution >= 0.6 is 0 Å². The Kier molecular flexibility index (Phi) is 3.67. The Bertz CT molecular complexity index is 390. The van der Waals surface area contributed by atoms with E-state index in [9.17, 15) is 4.39 Å². The first-order chi connectivity index (χ1) is 8.10. The lowest BCUT2D eigenvalue weighted by Crippen LogP contribution is -2.21. The average molecular weight is 236 g/mol. The molecule has 2 rings (SSSR count). The minimum Gasteiger partial charge on any atom is -0.371 e. The maximum Gasteiger partial charge on any atom is 0.125 e. The van der Waals surface area contributed by atoms with Crippen molar-refractivity contribution in [3.05, 3.63) is 29.6 Å². The minimum absolute atomic E-state index is 0.184. The van der Waals surface area contributed by atoms with Gasteiger partial charge in [-0.1, -0.05) is 13.8 Å². The van der Waals surface area contributed by atoms with E-state index in [1.54, 1.807) is 6.07 Å². The molecule has 0 amide bonds. The minimum atomic E-state index is -0.184. The second-order valence-electron chi connectivity index (χ2n) is 5.26. The molecule has 1 heterocycles. The third kappa shape index (κ3) is 2.78. The van der Waals surface area contributed by atoms with Crippen LogP contribution in [0.3, 0.4) is 0 Å². The summed E-state index contributed by atoms with van der Waals surface area (Å²) < 4.78 is 13.4. The lowest BCUT2D eigenvalue weighted by atomic mass is 9.95. The summed E-state index contributed by atoms with van der Waals surface area (Å²) in [5.41, 5.74) is 7.43. The molecule has 1 atom stereocenters. The summed E-state index contributed by atoms with van der Waals surface area (Å²) in [5, 5.41) is 0. The number of anilines is 1. The van der Waals surface area contributed by atoms with Gasteiger partial charge in [0.15, 0.2) is 0 Å². The molecule has 94 valence electrons. The second-order valence-corrected chi connectivity index (χ2v) is 5.26. The van der Waals surface area contributed by atoms with E-state index in [0.29, 0.717) is 12.5 Å². The van der Waals surface area contributed by atoms with Crippen LogP contribution < -0.4 is 10.6 Å². The van der Waals surface area contributed by atoms with Crippen LogP contribution in [0.2, 0.25) is 0 Å². The third-order valence-electron chi connectivity index (χ3n) is 3.71. The number of hydrogen-bond acceptors (Lipinski definition) is 2. The smallest absolute Gasteiger partial charge is 0.125 e. The van der Waals surface area contributed by atoms with Gasteiger partial charge in [0.1, 0.15) is 5.82 Å². The van der Waals surface area contributed by atoms with Crippen molar-refractivity contribution in [2.45, 2.75) is 26.8 Å². The molecule has 3 heteroatoms. The fraction of sp³-hybridized carbons (Fsp3) is 0.571. The van der Waals surface area contributed by atoms with Gasteiger partial charge >= 0.3 is 0 Å². The molecule has 1 fully saturated rings. The Morgan fingerprint density at radius 2 is 2.18 bits per heavy atom. The zero-order chi connectivity index (χ0) is 12.4. The van der Waals surface area contributed by atoms with Gasteiger partial charge in [-0.15, -0.1) is 0 Å². The summed E-state index contributed by atoms with van der Waals surface area (Å²) in [6.45, 7) is 6.96. The number of rotatable bonds is 3. The monoisotopic (exact) mass is 236 g/mol. The van der Waals surface area contributed by atoms with Gasteiger partial charge in [0.25, 0.3) is 0 Å². The van der Waals surface area contributed by atoms with Crippen LogP contribution in [0.4, 0.5) is 10.1 Å². The lowest BCUT2D eigenvalue weighted by Gasteiger charge is -2.20. The molecule has 0 bridgehead atoms. The number of halogens is 1. The van der Waals surface area contributed by atoms with Gasteiger partial charge in [-0.25, -0.2) is 4.39 Å². The van der Waals surface area contributed by atoms with Crippen molar-refractivity contribution in [1.82, 2.24) is 0 Å². The van der Waals surface area contributed by atoms with Crippen LogP contribution in [0.15, 0.2) is 18.2 Å². The number of nitrogens with two attached hydrogens (primary N) is 1. The van der Waals surface area contributed by atoms with Crippen molar-refractivity contribution in [2.75, 3.05) is 18.0 Å². The molecule has 1 aliphatic rings. The first kappa shape index (κ1) is 12.4. The molecule has 0 saturated carbocycles. The van der Waals surface area contributed by atoms with E-state index in [1.807, 2.05) is 6.07 Å². The van der Waals surface area contributed by atoms with E-state index < -0.39 is 0 Å². The maximum atomic E-state index is 13.4. The molecule has 0 spiro atoms. The zero-order valence-electron chi connectivity index (χ0n) is 10.6. The van der Waals surface area contributed by atoms with Gasteiger partial charge in [-0.2, -0.15) is 0 Å². The largest absolute Gasteiger partial charge is 0.371 e. The molecule has 17 heavy (non-hydrogen) atoms. The molecular formula is C14H21FN2. The number of nitrogens with zero attached hydrogens (tertiary/aromatic N) is 1. The molecule has 1 aromatic rings. The van der Waals surface area contributed by atoms with Crippen LogP contribution in [-0.4, -0.2) is 13.1 Å². The Hall–Kier alpha value is -1.09. The number of hydrogen-bond donors (Lipinski definition) is 1. The fourth-order valence-corrected chi connectivity index (χ4v) is 2.50. The first-order valence-electron chi connectivity index (χ1n) is 6.34. The predicted molar refractivity (Wildman–Crippen MR) is 69.4 cm³/mol. The van der Waals surface area contributed by atoms with Crippen molar-refractivity contribution in [3.63, 3.8) is 0 Å². The van der Waals surface area contributed by atoms with Crippen molar-refractivity contribution in [2.24, 2.45) is 17.6 Å². The molecule has 2 nitrogen and oxygen atoms in total. The molecule has 1 aliphatic heterocycles. The average Bonchev–Trinajstić information content (AvgIpc) is 2.77. The molecule has 0 radical (unpaired) electrons. The Balaban J connectivity index is 2.15. The Morgan fingerprint density at radius 1 is 1.41 bits per heavy atom. The summed E-state index contributed by atoms with van der Waals surface area (Å²) in [4.78, 5) is 2.27. The van der Waals surface area contributed by atoms with Gasteiger partial charge < -0.3 is 10.6 Å². The maximum absolute atomic E-state index is 13.4.